The summed E-state index contributed by atoms with van der Waals surface area (Å²) in [7, 11) is 0. The fraction of sp³-hybridized carbons (Fsp3) is 0.364. The summed E-state index contributed by atoms with van der Waals surface area (Å²) >= 11 is 0. The molecule has 0 aliphatic carbocycles. The maximum absolute atomic E-state index is 13.5. The van der Waals surface area contributed by atoms with Crippen molar-refractivity contribution in [3.05, 3.63) is 39.4 Å². The minimum atomic E-state index is -1.29. The highest BCUT2D eigenvalue weighted by Gasteiger charge is 2.26. The molecule has 0 aromatic heterocycles. The Hall–Kier alpha value is -2.09. The molecule has 102 valence electrons. The number of ether oxygens (including phenoxy) is 2. The predicted octanol–water partition coefficient (Wildman–Crippen LogP) is 1.82. The lowest BCUT2D eigenvalue weighted by Crippen LogP contribution is -2.19. The number of nitrogens with zero attached hydrogens (tertiary/aromatic N) is 1. The van der Waals surface area contributed by atoms with Crippen LogP contribution in [0, 0.1) is 21.7 Å². The highest BCUT2D eigenvalue weighted by atomic mass is 19.1. The standard InChI is InChI=1S/C11H9F2NO5/c12-8-4-10(14(16)17)9(13)3-7(8)11(15)19-6-1-2-18-5-6/h3-4,6H,1-2,5H2. The number of hydrogen-bond acceptors (Lipinski definition) is 5. The van der Waals surface area contributed by atoms with Crippen LogP contribution in [0.3, 0.4) is 0 Å². The molecule has 6 nitrogen and oxygen atoms in total. The Bertz CT molecular complexity index is 528. The monoisotopic (exact) mass is 273 g/mol. The second-order valence-corrected chi connectivity index (χ2v) is 3.93. The second-order valence-electron chi connectivity index (χ2n) is 3.93. The van der Waals surface area contributed by atoms with Gasteiger partial charge in [0.2, 0.25) is 5.82 Å². The lowest BCUT2D eigenvalue weighted by atomic mass is 10.2. The molecule has 1 aliphatic rings. The molecule has 2 rings (SSSR count). The first-order valence-corrected chi connectivity index (χ1v) is 5.41. The molecular weight excluding hydrogens is 264 g/mol. The third-order valence-electron chi connectivity index (χ3n) is 2.61. The van der Waals surface area contributed by atoms with Gasteiger partial charge in [-0.05, 0) is 6.07 Å². The van der Waals surface area contributed by atoms with E-state index in [-0.39, 0.29) is 6.61 Å². The predicted molar refractivity (Wildman–Crippen MR) is 57.7 cm³/mol. The van der Waals surface area contributed by atoms with Crippen LogP contribution in [0.15, 0.2) is 12.1 Å². The fourth-order valence-corrected chi connectivity index (χ4v) is 1.65. The molecule has 1 fully saturated rings. The number of carbonyl (C=O) groups is 1. The summed E-state index contributed by atoms with van der Waals surface area (Å²) < 4.78 is 36.7. The van der Waals surface area contributed by atoms with Gasteiger partial charge in [0.1, 0.15) is 11.9 Å². The lowest BCUT2D eigenvalue weighted by molar-refractivity contribution is -0.387. The molecule has 1 unspecified atom stereocenters. The van der Waals surface area contributed by atoms with E-state index in [1.165, 1.54) is 0 Å². The molecule has 0 N–H and O–H groups in total. The summed E-state index contributed by atoms with van der Waals surface area (Å²) in [5.41, 5.74) is -1.70. The summed E-state index contributed by atoms with van der Waals surface area (Å²) in [4.78, 5) is 20.9. The number of hydrogen-bond donors (Lipinski definition) is 0. The van der Waals surface area contributed by atoms with E-state index in [2.05, 4.69) is 0 Å². The van der Waals surface area contributed by atoms with Crippen LogP contribution in [0.1, 0.15) is 16.8 Å². The van der Waals surface area contributed by atoms with Crippen molar-refractivity contribution in [3.63, 3.8) is 0 Å². The van der Waals surface area contributed by atoms with E-state index in [0.29, 0.717) is 25.2 Å². The number of halogens is 2. The first kappa shape index (κ1) is 13.3. The molecule has 0 radical (unpaired) electrons. The largest absolute Gasteiger partial charge is 0.456 e. The minimum absolute atomic E-state index is 0.197. The van der Waals surface area contributed by atoms with Crippen LogP contribution >= 0.6 is 0 Å². The Morgan fingerprint density at radius 2 is 2.16 bits per heavy atom. The van der Waals surface area contributed by atoms with E-state index < -0.39 is 39.9 Å². The summed E-state index contributed by atoms with van der Waals surface area (Å²) in [5, 5.41) is 10.4. The number of benzene rings is 1. The third kappa shape index (κ3) is 2.84. The molecule has 0 spiro atoms. The normalized spacial score (nSPS) is 18.3. The average molecular weight is 273 g/mol. The van der Waals surface area contributed by atoms with Crippen molar-refractivity contribution >= 4 is 11.7 Å². The van der Waals surface area contributed by atoms with E-state index in [1.54, 1.807) is 0 Å². The summed E-state index contributed by atoms with van der Waals surface area (Å²) in [6.07, 6.45) is -0.0341. The molecule has 1 aromatic rings. The topological polar surface area (TPSA) is 78.7 Å². The molecule has 1 aromatic carbocycles. The van der Waals surface area contributed by atoms with Gasteiger partial charge in [0, 0.05) is 6.42 Å². The van der Waals surface area contributed by atoms with Crippen molar-refractivity contribution in [1.29, 1.82) is 0 Å². The van der Waals surface area contributed by atoms with Gasteiger partial charge >= 0.3 is 11.7 Å². The molecule has 1 saturated heterocycles. The molecule has 8 heteroatoms. The van der Waals surface area contributed by atoms with E-state index in [0.717, 1.165) is 0 Å². The fourth-order valence-electron chi connectivity index (χ4n) is 1.65. The third-order valence-corrected chi connectivity index (χ3v) is 2.61. The van der Waals surface area contributed by atoms with Gasteiger partial charge < -0.3 is 9.47 Å². The van der Waals surface area contributed by atoms with Crippen molar-refractivity contribution < 1.29 is 28.0 Å². The Labute approximate surface area is 106 Å². The van der Waals surface area contributed by atoms with Crippen LogP contribution in [0.5, 0.6) is 0 Å². The van der Waals surface area contributed by atoms with E-state index in [9.17, 15) is 23.7 Å². The van der Waals surface area contributed by atoms with Gasteiger partial charge in [-0.3, -0.25) is 10.1 Å². The quantitative estimate of drug-likeness (QED) is 0.477. The SMILES string of the molecule is O=C(OC1CCOC1)c1cc(F)c([N+](=O)[O-])cc1F. The maximum Gasteiger partial charge on any atom is 0.341 e. The van der Waals surface area contributed by atoms with Crippen LogP contribution in [-0.2, 0) is 9.47 Å². The van der Waals surface area contributed by atoms with Crippen molar-refractivity contribution in [2.45, 2.75) is 12.5 Å². The number of esters is 1. The molecule has 1 aliphatic heterocycles. The Morgan fingerprint density at radius 3 is 2.74 bits per heavy atom. The van der Waals surface area contributed by atoms with E-state index >= 15 is 0 Å². The van der Waals surface area contributed by atoms with Crippen molar-refractivity contribution in [2.75, 3.05) is 13.2 Å². The van der Waals surface area contributed by atoms with Crippen LogP contribution in [0.2, 0.25) is 0 Å². The Kier molecular flexibility index (Phi) is 3.70. The van der Waals surface area contributed by atoms with Crippen LogP contribution in [0.25, 0.3) is 0 Å². The van der Waals surface area contributed by atoms with Crippen LogP contribution in [-0.4, -0.2) is 30.2 Å². The van der Waals surface area contributed by atoms with Gasteiger partial charge in [-0.15, -0.1) is 0 Å². The molecule has 1 heterocycles. The zero-order chi connectivity index (χ0) is 14.0. The lowest BCUT2D eigenvalue weighted by Gasteiger charge is -2.10. The Morgan fingerprint density at radius 1 is 1.42 bits per heavy atom. The molecule has 0 saturated carbocycles. The first-order chi connectivity index (χ1) is 8.99. The summed E-state index contributed by atoms with van der Waals surface area (Å²) in [6.45, 7) is 0.623. The van der Waals surface area contributed by atoms with Gasteiger partial charge in [-0.25, -0.2) is 9.18 Å². The average Bonchev–Trinajstić information content (AvgIpc) is 2.83. The molecule has 19 heavy (non-hydrogen) atoms. The zero-order valence-electron chi connectivity index (χ0n) is 9.60. The number of carbonyl (C=O) groups excluding carboxylic acids is 1. The smallest absolute Gasteiger partial charge is 0.341 e. The molecule has 0 bridgehead atoms. The summed E-state index contributed by atoms with van der Waals surface area (Å²) in [5.74, 6) is -3.56. The summed E-state index contributed by atoms with van der Waals surface area (Å²) in [6, 6.07) is 0.822. The number of nitro groups is 1. The van der Waals surface area contributed by atoms with E-state index in [1.807, 2.05) is 0 Å². The number of rotatable bonds is 3. The minimum Gasteiger partial charge on any atom is -0.456 e. The van der Waals surface area contributed by atoms with Gasteiger partial charge in [0.15, 0.2) is 0 Å². The maximum atomic E-state index is 13.5. The van der Waals surface area contributed by atoms with Crippen LogP contribution < -0.4 is 0 Å². The van der Waals surface area contributed by atoms with Crippen molar-refractivity contribution in [3.8, 4) is 0 Å². The van der Waals surface area contributed by atoms with Gasteiger partial charge in [-0.2, -0.15) is 4.39 Å². The molecule has 1 atom stereocenters. The second kappa shape index (κ2) is 5.27. The van der Waals surface area contributed by atoms with Gasteiger partial charge in [0.25, 0.3) is 0 Å². The first-order valence-electron chi connectivity index (χ1n) is 5.41. The van der Waals surface area contributed by atoms with Gasteiger partial charge in [0.05, 0.1) is 29.8 Å². The van der Waals surface area contributed by atoms with Crippen LogP contribution in [0.4, 0.5) is 14.5 Å². The highest BCUT2D eigenvalue weighted by Crippen LogP contribution is 2.22. The molecular formula is C11H9F2NO5. The van der Waals surface area contributed by atoms with E-state index in [4.69, 9.17) is 9.47 Å². The highest BCUT2D eigenvalue weighted by molar-refractivity contribution is 5.90. The molecule has 0 amide bonds. The Balaban J connectivity index is 2.22. The zero-order valence-corrected chi connectivity index (χ0v) is 9.60. The van der Waals surface area contributed by atoms with Crippen molar-refractivity contribution in [1.82, 2.24) is 0 Å². The van der Waals surface area contributed by atoms with Crippen molar-refractivity contribution in [2.24, 2.45) is 0 Å². The van der Waals surface area contributed by atoms with Gasteiger partial charge in [-0.1, -0.05) is 0 Å². The number of nitro benzene ring substituents is 1.